The topological polar surface area (TPSA) is 105 Å². The van der Waals surface area contributed by atoms with Crippen LogP contribution in [0, 0.1) is 5.92 Å². The molecule has 3 aromatic rings. The van der Waals surface area contributed by atoms with Gasteiger partial charge in [0.1, 0.15) is 17.8 Å². The first-order valence-electron chi connectivity index (χ1n) is 13.4. The molecule has 43 heavy (non-hydrogen) atoms. The molecule has 2 aromatic carbocycles. The maximum absolute atomic E-state index is 13.2. The SMILES string of the molecule is CC(C)C(CN(C(=O)C(Cl)Cl)c1cccc(-c2cc(-c3c(Cl)cccc3Cl)no2)c1)NC(=O)CN(C)C(=O)OC(C)(C)C. The van der Waals surface area contributed by atoms with E-state index < -0.39 is 34.4 Å². The molecule has 0 bridgehead atoms. The molecule has 0 aliphatic rings. The van der Waals surface area contributed by atoms with Crippen molar-refractivity contribution >= 4 is 70.0 Å². The van der Waals surface area contributed by atoms with Gasteiger partial charge in [-0.2, -0.15) is 0 Å². The Hall–Kier alpha value is -2.98. The number of carbonyl (C=O) groups excluding carboxylic acids is 3. The minimum Gasteiger partial charge on any atom is -0.444 e. The summed E-state index contributed by atoms with van der Waals surface area (Å²) in [5, 5.41) is 7.89. The molecule has 0 fully saturated rings. The van der Waals surface area contributed by atoms with Gasteiger partial charge in [0.15, 0.2) is 10.6 Å². The molecule has 0 radical (unpaired) electrons. The van der Waals surface area contributed by atoms with Gasteiger partial charge in [-0.05, 0) is 51.0 Å². The zero-order chi connectivity index (χ0) is 32.1. The third-order valence-corrected chi connectivity index (χ3v) is 7.24. The van der Waals surface area contributed by atoms with Crippen molar-refractivity contribution in [2.45, 2.75) is 51.1 Å². The van der Waals surface area contributed by atoms with Gasteiger partial charge >= 0.3 is 6.09 Å². The number of hydrogen-bond donors (Lipinski definition) is 1. The highest BCUT2D eigenvalue weighted by molar-refractivity contribution is 6.54. The summed E-state index contributed by atoms with van der Waals surface area (Å²) in [7, 11) is 1.47. The van der Waals surface area contributed by atoms with E-state index in [1.807, 2.05) is 13.8 Å². The highest BCUT2D eigenvalue weighted by atomic mass is 35.5. The lowest BCUT2D eigenvalue weighted by molar-refractivity contribution is -0.123. The maximum atomic E-state index is 13.2. The summed E-state index contributed by atoms with van der Waals surface area (Å²) in [6.45, 7) is 8.83. The molecule has 3 rings (SSSR count). The number of amides is 3. The number of alkyl halides is 2. The van der Waals surface area contributed by atoms with Crippen LogP contribution in [0.2, 0.25) is 10.0 Å². The van der Waals surface area contributed by atoms with E-state index in [4.69, 9.17) is 55.7 Å². The van der Waals surface area contributed by atoms with Crippen LogP contribution in [0.25, 0.3) is 22.6 Å². The second-order valence-electron chi connectivity index (χ2n) is 11.2. The van der Waals surface area contributed by atoms with Crippen LogP contribution in [0.1, 0.15) is 34.6 Å². The molecule has 1 unspecified atom stereocenters. The van der Waals surface area contributed by atoms with Crippen molar-refractivity contribution < 1.29 is 23.6 Å². The second kappa shape index (κ2) is 14.7. The Kier molecular flexibility index (Phi) is 11.8. The molecule has 0 saturated carbocycles. The highest BCUT2D eigenvalue weighted by Crippen LogP contribution is 2.36. The number of benzene rings is 2. The average Bonchev–Trinajstić information content (AvgIpc) is 3.39. The number of aromatic nitrogens is 1. The van der Waals surface area contributed by atoms with Gasteiger partial charge in [0.25, 0.3) is 5.91 Å². The lowest BCUT2D eigenvalue weighted by Gasteiger charge is -2.31. The molecule has 0 saturated heterocycles. The third kappa shape index (κ3) is 9.50. The predicted molar refractivity (Wildman–Crippen MR) is 171 cm³/mol. The van der Waals surface area contributed by atoms with E-state index in [0.717, 1.165) is 0 Å². The number of rotatable bonds is 10. The van der Waals surface area contributed by atoms with Crippen LogP contribution in [-0.2, 0) is 14.3 Å². The molecule has 3 amide bonds. The zero-order valence-corrected chi connectivity index (χ0v) is 27.7. The monoisotopic (exact) mass is 670 g/mol. The summed E-state index contributed by atoms with van der Waals surface area (Å²) in [6, 6.07) is 13.3. The van der Waals surface area contributed by atoms with Crippen LogP contribution in [0.3, 0.4) is 0 Å². The van der Waals surface area contributed by atoms with Crippen molar-refractivity contribution in [3.8, 4) is 22.6 Å². The van der Waals surface area contributed by atoms with Gasteiger partial charge in [0.05, 0.1) is 10.0 Å². The molecular weight excluding hydrogens is 638 g/mol. The van der Waals surface area contributed by atoms with E-state index in [9.17, 15) is 14.4 Å². The Labute approximate surface area is 271 Å². The van der Waals surface area contributed by atoms with Gasteiger partial charge < -0.3 is 24.4 Å². The fraction of sp³-hybridized carbons (Fsp3) is 0.400. The molecule has 13 heteroatoms. The van der Waals surface area contributed by atoms with Crippen molar-refractivity contribution in [2.24, 2.45) is 5.92 Å². The number of nitrogens with one attached hydrogen (secondary N) is 1. The van der Waals surface area contributed by atoms with Crippen LogP contribution in [0.5, 0.6) is 0 Å². The van der Waals surface area contributed by atoms with Crippen LogP contribution in [0.15, 0.2) is 53.1 Å². The van der Waals surface area contributed by atoms with Crippen LogP contribution < -0.4 is 10.2 Å². The van der Waals surface area contributed by atoms with Crippen molar-refractivity contribution in [1.29, 1.82) is 0 Å². The summed E-state index contributed by atoms with van der Waals surface area (Å²) < 4.78 is 10.9. The lowest BCUT2D eigenvalue weighted by atomic mass is 10.0. The molecule has 9 nitrogen and oxygen atoms in total. The molecule has 0 aliphatic carbocycles. The Morgan fingerprint density at radius 3 is 2.23 bits per heavy atom. The Bertz CT molecular complexity index is 1430. The first-order chi connectivity index (χ1) is 20.1. The normalized spacial score (nSPS) is 12.3. The molecule has 0 spiro atoms. The summed E-state index contributed by atoms with van der Waals surface area (Å²) in [5.41, 5.74) is 1.36. The predicted octanol–water partition coefficient (Wildman–Crippen LogP) is 7.46. The van der Waals surface area contributed by atoms with Crippen molar-refractivity contribution in [2.75, 3.05) is 25.0 Å². The van der Waals surface area contributed by atoms with Crippen LogP contribution >= 0.6 is 46.4 Å². The Morgan fingerprint density at radius 1 is 1.02 bits per heavy atom. The average molecular weight is 672 g/mol. The first-order valence-corrected chi connectivity index (χ1v) is 15.0. The van der Waals surface area contributed by atoms with E-state index in [1.54, 1.807) is 69.3 Å². The quantitative estimate of drug-likeness (QED) is 0.224. The number of likely N-dealkylation sites (N-methyl/N-ethyl adjacent to an activating group) is 1. The van der Waals surface area contributed by atoms with Gasteiger partial charge in [-0.25, -0.2) is 4.79 Å². The highest BCUT2D eigenvalue weighted by Gasteiger charge is 2.29. The fourth-order valence-electron chi connectivity index (χ4n) is 4.03. The fourth-order valence-corrected chi connectivity index (χ4v) is 4.86. The molecule has 1 atom stereocenters. The minimum atomic E-state index is -1.36. The molecule has 1 heterocycles. The largest absolute Gasteiger partial charge is 0.444 e. The van der Waals surface area contributed by atoms with E-state index in [1.165, 1.54) is 16.8 Å². The number of halogens is 4. The summed E-state index contributed by atoms with van der Waals surface area (Å²) in [4.78, 5) is 39.7. The van der Waals surface area contributed by atoms with E-state index in [2.05, 4.69) is 10.5 Å². The molecule has 1 aromatic heterocycles. The molecule has 0 aliphatic heterocycles. The van der Waals surface area contributed by atoms with Crippen molar-refractivity contribution in [3.05, 3.63) is 58.6 Å². The smallest absolute Gasteiger partial charge is 0.410 e. The van der Waals surface area contributed by atoms with Crippen LogP contribution in [-0.4, -0.2) is 64.6 Å². The third-order valence-electron chi connectivity index (χ3n) is 6.24. The number of ether oxygens (including phenoxy) is 1. The summed E-state index contributed by atoms with van der Waals surface area (Å²) in [6.07, 6.45) is -0.628. The number of carbonyl (C=O) groups is 3. The van der Waals surface area contributed by atoms with Gasteiger partial charge in [0, 0.05) is 42.5 Å². The van der Waals surface area contributed by atoms with Crippen LogP contribution in [0.4, 0.5) is 10.5 Å². The molecule has 1 N–H and O–H groups in total. The molecule has 232 valence electrons. The van der Waals surface area contributed by atoms with E-state index in [0.29, 0.717) is 38.3 Å². The van der Waals surface area contributed by atoms with Gasteiger partial charge in [0.2, 0.25) is 5.91 Å². The number of hydrogen-bond acceptors (Lipinski definition) is 6. The minimum absolute atomic E-state index is 0.0503. The van der Waals surface area contributed by atoms with E-state index >= 15 is 0 Å². The Balaban J connectivity index is 1.85. The number of anilines is 1. The van der Waals surface area contributed by atoms with Crippen molar-refractivity contribution in [3.63, 3.8) is 0 Å². The molecular formula is C30H34Cl4N4O5. The summed E-state index contributed by atoms with van der Waals surface area (Å²) in [5.74, 6) is -0.690. The zero-order valence-electron chi connectivity index (χ0n) is 24.7. The number of nitrogens with zero attached hydrogens (tertiary/aromatic N) is 3. The Morgan fingerprint density at radius 2 is 1.65 bits per heavy atom. The van der Waals surface area contributed by atoms with Gasteiger partial charge in [-0.3, -0.25) is 9.59 Å². The maximum Gasteiger partial charge on any atom is 0.410 e. The van der Waals surface area contributed by atoms with Crippen molar-refractivity contribution in [1.82, 2.24) is 15.4 Å². The first kappa shape index (κ1) is 34.5. The van der Waals surface area contributed by atoms with E-state index in [-0.39, 0.29) is 19.0 Å². The second-order valence-corrected chi connectivity index (χ2v) is 13.1. The van der Waals surface area contributed by atoms with Gasteiger partial charge in [-0.15, -0.1) is 0 Å². The van der Waals surface area contributed by atoms with Gasteiger partial charge in [-0.1, -0.05) is 83.6 Å². The standard InChI is InChI=1S/C30H34Cl4N4O5/c1-17(2)23(35-25(39)16-37(6)29(41)42-30(3,4)5)15-38(28(40)27(33)34)19-10-7-9-18(13-19)24-14-22(36-43-24)26-20(31)11-8-12-21(26)32/h7-14,17,23,27H,15-16H2,1-6H3,(H,35,39). The lowest BCUT2D eigenvalue weighted by Crippen LogP contribution is -2.52. The summed E-state index contributed by atoms with van der Waals surface area (Å²) >= 11 is 24.7.